The van der Waals surface area contributed by atoms with Crippen LogP contribution in [0.3, 0.4) is 0 Å². The van der Waals surface area contributed by atoms with Crippen molar-refractivity contribution >= 4 is 12.0 Å². The van der Waals surface area contributed by atoms with Crippen molar-refractivity contribution in [3.8, 4) is 0 Å². The Morgan fingerprint density at radius 2 is 1.88 bits per heavy atom. The van der Waals surface area contributed by atoms with Crippen molar-refractivity contribution in [2.45, 2.75) is 39.0 Å². The molecule has 1 spiro atoms. The minimum absolute atomic E-state index is 0.0657. The molecule has 0 bridgehead atoms. The molecule has 0 radical (unpaired) electrons. The number of carbonyl (C=O) groups is 2. The maximum absolute atomic E-state index is 12.9. The SMILES string of the molecule is CCOC(=O)N1CCC2(CC1)C[C@@H](c1ccccc1)C(=O)N(CC)C2. The Bertz CT molecular complexity index is 609. The minimum Gasteiger partial charge on any atom is -0.450 e. The Kier molecular flexibility index (Phi) is 5.30. The van der Waals surface area contributed by atoms with Gasteiger partial charge in [0.2, 0.25) is 5.91 Å². The molecule has 3 rings (SSSR count). The van der Waals surface area contributed by atoms with Crippen LogP contribution in [0.4, 0.5) is 4.79 Å². The van der Waals surface area contributed by atoms with Gasteiger partial charge in [-0.2, -0.15) is 0 Å². The van der Waals surface area contributed by atoms with Crippen molar-refractivity contribution < 1.29 is 14.3 Å². The van der Waals surface area contributed by atoms with E-state index in [0.29, 0.717) is 19.7 Å². The van der Waals surface area contributed by atoms with E-state index in [1.165, 1.54) is 0 Å². The van der Waals surface area contributed by atoms with Gasteiger partial charge in [-0.25, -0.2) is 4.79 Å². The smallest absolute Gasteiger partial charge is 0.409 e. The Morgan fingerprint density at radius 1 is 1.20 bits per heavy atom. The number of likely N-dealkylation sites (tertiary alicyclic amines) is 2. The predicted molar refractivity (Wildman–Crippen MR) is 96.3 cm³/mol. The molecule has 136 valence electrons. The van der Waals surface area contributed by atoms with E-state index in [1.54, 1.807) is 4.90 Å². The third-order valence-electron chi connectivity index (χ3n) is 5.71. The average molecular weight is 344 g/mol. The van der Waals surface area contributed by atoms with Gasteiger partial charge >= 0.3 is 6.09 Å². The Labute approximate surface area is 149 Å². The van der Waals surface area contributed by atoms with E-state index in [4.69, 9.17) is 4.74 Å². The third kappa shape index (κ3) is 3.65. The van der Waals surface area contributed by atoms with E-state index in [1.807, 2.05) is 36.9 Å². The lowest BCUT2D eigenvalue weighted by atomic mass is 9.67. The van der Waals surface area contributed by atoms with E-state index in [-0.39, 0.29) is 23.3 Å². The van der Waals surface area contributed by atoms with E-state index in [0.717, 1.165) is 37.9 Å². The first-order valence-corrected chi connectivity index (χ1v) is 9.34. The van der Waals surface area contributed by atoms with Crippen molar-refractivity contribution in [1.82, 2.24) is 9.80 Å². The van der Waals surface area contributed by atoms with Crippen molar-refractivity contribution in [2.75, 3.05) is 32.8 Å². The number of benzene rings is 1. The monoisotopic (exact) mass is 344 g/mol. The molecule has 5 nitrogen and oxygen atoms in total. The number of likely N-dealkylation sites (N-methyl/N-ethyl adjacent to an activating group) is 1. The fourth-order valence-corrected chi connectivity index (χ4v) is 4.24. The molecule has 2 fully saturated rings. The summed E-state index contributed by atoms with van der Waals surface area (Å²) in [6.45, 7) is 7.27. The molecule has 5 heteroatoms. The lowest BCUT2D eigenvalue weighted by Crippen LogP contribution is -2.54. The molecule has 2 saturated heterocycles. The highest BCUT2D eigenvalue weighted by Gasteiger charge is 2.46. The van der Waals surface area contributed by atoms with Gasteiger partial charge in [0, 0.05) is 26.2 Å². The van der Waals surface area contributed by atoms with Gasteiger partial charge in [-0.15, -0.1) is 0 Å². The van der Waals surface area contributed by atoms with E-state index in [9.17, 15) is 9.59 Å². The first-order chi connectivity index (χ1) is 12.1. The van der Waals surface area contributed by atoms with Crippen molar-refractivity contribution in [3.05, 3.63) is 35.9 Å². The number of hydrogen-bond acceptors (Lipinski definition) is 3. The first kappa shape index (κ1) is 17.8. The first-order valence-electron chi connectivity index (χ1n) is 9.34. The van der Waals surface area contributed by atoms with E-state index in [2.05, 4.69) is 12.1 Å². The van der Waals surface area contributed by atoms with Gasteiger partial charge in [-0.05, 0) is 44.1 Å². The van der Waals surface area contributed by atoms with Crippen LogP contribution in [0.25, 0.3) is 0 Å². The molecule has 2 aliphatic rings. The lowest BCUT2D eigenvalue weighted by molar-refractivity contribution is -0.141. The van der Waals surface area contributed by atoms with Crippen LogP contribution in [0.5, 0.6) is 0 Å². The lowest BCUT2D eigenvalue weighted by Gasteiger charge is -2.49. The summed E-state index contributed by atoms with van der Waals surface area (Å²) in [5, 5.41) is 0. The van der Waals surface area contributed by atoms with Gasteiger partial charge in [0.1, 0.15) is 0 Å². The molecule has 1 aromatic rings. The maximum Gasteiger partial charge on any atom is 0.409 e. The van der Waals surface area contributed by atoms with Crippen LogP contribution in [0.1, 0.15) is 44.6 Å². The molecule has 25 heavy (non-hydrogen) atoms. The van der Waals surface area contributed by atoms with Gasteiger partial charge in [-0.1, -0.05) is 30.3 Å². The molecule has 0 N–H and O–H groups in total. The van der Waals surface area contributed by atoms with Gasteiger partial charge in [0.25, 0.3) is 0 Å². The molecule has 1 atom stereocenters. The van der Waals surface area contributed by atoms with Crippen LogP contribution in [0.2, 0.25) is 0 Å². The standard InChI is InChI=1S/C20H28N2O3/c1-3-21-15-20(10-12-22(13-11-20)19(24)25-4-2)14-17(18(21)23)16-8-6-5-7-9-16/h5-9,17H,3-4,10-15H2,1-2H3/t17-/m0/s1. The van der Waals surface area contributed by atoms with Gasteiger partial charge in [-0.3, -0.25) is 4.79 Å². The summed E-state index contributed by atoms with van der Waals surface area (Å²) in [4.78, 5) is 28.7. The van der Waals surface area contributed by atoms with Crippen LogP contribution in [-0.4, -0.2) is 54.6 Å². The molecular weight excluding hydrogens is 316 g/mol. The molecule has 0 aliphatic carbocycles. The largest absolute Gasteiger partial charge is 0.450 e. The summed E-state index contributed by atoms with van der Waals surface area (Å²) < 4.78 is 5.13. The quantitative estimate of drug-likeness (QED) is 0.846. The van der Waals surface area contributed by atoms with Gasteiger partial charge in [0.15, 0.2) is 0 Å². The van der Waals surface area contributed by atoms with Gasteiger partial charge in [0.05, 0.1) is 12.5 Å². The summed E-state index contributed by atoms with van der Waals surface area (Å²) >= 11 is 0. The summed E-state index contributed by atoms with van der Waals surface area (Å²) in [7, 11) is 0. The summed E-state index contributed by atoms with van der Waals surface area (Å²) in [6, 6.07) is 10.1. The van der Waals surface area contributed by atoms with E-state index < -0.39 is 0 Å². The van der Waals surface area contributed by atoms with Crippen molar-refractivity contribution in [1.29, 1.82) is 0 Å². The zero-order valence-electron chi connectivity index (χ0n) is 15.2. The number of ether oxygens (including phenoxy) is 1. The number of carbonyl (C=O) groups excluding carboxylic acids is 2. The molecule has 2 amide bonds. The molecule has 2 aliphatic heterocycles. The second-order valence-corrected chi connectivity index (χ2v) is 7.21. The van der Waals surface area contributed by atoms with Crippen molar-refractivity contribution in [2.24, 2.45) is 5.41 Å². The Hall–Kier alpha value is -2.04. The topological polar surface area (TPSA) is 49.9 Å². The molecular formula is C20H28N2O3. The zero-order chi connectivity index (χ0) is 17.9. The second-order valence-electron chi connectivity index (χ2n) is 7.21. The van der Waals surface area contributed by atoms with Crippen LogP contribution in [0.15, 0.2) is 30.3 Å². The van der Waals surface area contributed by atoms with Crippen LogP contribution in [0, 0.1) is 5.41 Å². The Balaban J connectivity index is 1.76. The highest BCUT2D eigenvalue weighted by atomic mass is 16.6. The van der Waals surface area contributed by atoms with Crippen LogP contribution < -0.4 is 0 Å². The zero-order valence-corrected chi connectivity index (χ0v) is 15.2. The second kappa shape index (κ2) is 7.46. The average Bonchev–Trinajstić information content (AvgIpc) is 2.65. The number of nitrogens with zero attached hydrogens (tertiary/aromatic N) is 2. The number of hydrogen-bond donors (Lipinski definition) is 0. The minimum atomic E-state index is -0.212. The van der Waals surface area contributed by atoms with E-state index >= 15 is 0 Å². The van der Waals surface area contributed by atoms with Gasteiger partial charge < -0.3 is 14.5 Å². The summed E-state index contributed by atoms with van der Waals surface area (Å²) in [5.74, 6) is 0.177. The fourth-order valence-electron chi connectivity index (χ4n) is 4.24. The molecule has 2 heterocycles. The number of amides is 2. The fraction of sp³-hybridized carbons (Fsp3) is 0.600. The Morgan fingerprint density at radius 3 is 2.48 bits per heavy atom. The summed E-state index contributed by atoms with van der Waals surface area (Å²) in [5.41, 5.74) is 1.21. The number of piperidine rings is 2. The van der Waals surface area contributed by atoms with Crippen LogP contribution in [-0.2, 0) is 9.53 Å². The predicted octanol–water partition coefficient (Wildman–Crippen LogP) is 3.26. The normalized spacial score (nSPS) is 23.0. The summed E-state index contributed by atoms with van der Waals surface area (Å²) in [6.07, 6.45) is 2.53. The third-order valence-corrected chi connectivity index (χ3v) is 5.71. The maximum atomic E-state index is 12.9. The molecule has 0 saturated carbocycles. The number of rotatable bonds is 3. The van der Waals surface area contributed by atoms with Crippen LogP contribution >= 0.6 is 0 Å². The molecule has 0 aromatic heterocycles. The molecule has 0 unspecified atom stereocenters. The highest BCUT2D eigenvalue weighted by Crippen LogP contribution is 2.45. The highest BCUT2D eigenvalue weighted by molar-refractivity contribution is 5.84. The van der Waals surface area contributed by atoms with Crippen molar-refractivity contribution in [3.63, 3.8) is 0 Å². The molecule has 1 aromatic carbocycles.